The van der Waals surface area contributed by atoms with Crippen LogP contribution in [-0.4, -0.2) is 34.2 Å². The number of hydrogen-bond donors (Lipinski definition) is 2. The van der Waals surface area contributed by atoms with Crippen molar-refractivity contribution in [1.82, 2.24) is 29.1 Å². The molecule has 37 heavy (non-hydrogen) atoms. The Hall–Kier alpha value is -4.84. The van der Waals surface area contributed by atoms with E-state index in [4.69, 9.17) is 0 Å². The first kappa shape index (κ1) is 22.6. The monoisotopic (exact) mass is 504 g/mol. The van der Waals surface area contributed by atoms with Gasteiger partial charge in [-0.3, -0.25) is 14.3 Å². The van der Waals surface area contributed by atoms with E-state index in [0.717, 1.165) is 28.2 Å². The fraction of sp³-hybridized carbons (Fsp3) is 0.0800. The van der Waals surface area contributed by atoms with Gasteiger partial charge in [0, 0.05) is 29.5 Å². The molecular formula is C25H15F3N6O3. The Morgan fingerprint density at radius 1 is 1.00 bits per heavy atom. The Morgan fingerprint density at radius 2 is 1.84 bits per heavy atom. The van der Waals surface area contributed by atoms with E-state index < -0.39 is 29.7 Å². The lowest BCUT2D eigenvalue weighted by Gasteiger charge is -2.16. The van der Waals surface area contributed by atoms with E-state index in [2.05, 4.69) is 19.9 Å². The summed E-state index contributed by atoms with van der Waals surface area (Å²) in [6.45, 7) is -0.972. The van der Waals surface area contributed by atoms with Crippen molar-refractivity contribution in [3.63, 3.8) is 0 Å². The average molecular weight is 504 g/mol. The van der Waals surface area contributed by atoms with Gasteiger partial charge in [0.15, 0.2) is 0 Å². The van der Waals surface area contributed by atoms with Crippen LogP contribution in [0.2, 0.25) is 0 Å². The number of pyridine rings is 3. The van der Waals surface area contributed by atoms with Gasteiger partial charge in [-0.2, -0.15) is 13.2 Å². The van der Waals surface area contributed by atoms with Crippen molar-refractivity contribution in [3.8, 4) is 16.9 Å². The van der Waals surface area contributed by atoms with Crippen molar-refractivity contribution in [2.24, 2.45) is 0 Å². The van der Waals surface area contributed by atoms with E-state index in [0.29, 0.717) is 27.0 Å². The van der Waals surface area contributed by atoms with E-state index >= 15 is 0 Å². The molecule has 2 N–H and O–H groups in total. The summed E-state index contributed by atoms with van der Waals surface area (Å²) in [5.74, 6) is 0. The van der Waals surface area contributed by atoms with Crippen LogP contribution in [0, 0.1) is 0 Å². The Balaban J connectivity index is 1.72. The van der Waals surface area contributed by atoms with Crippen LogP contribution in [0.15, 0.2) is 76.7 Å². The molecule has 0 spiro atoms. The third-order valence-corrected chi connectivity index (χ3v) is 6.08. The van der Waals surface area contributed by atoms with Gasteiger partial charge in [-0.25, -0.2) is 19.3 Å². The zero-order chi connectivity index (χ0) is 25.9. The molecule has 0 amide bonds. The second kappa shape index (κ2) is 8.10. The first-order valence-electron chi connectivity index (χ1n) is 10.9. The highest BCUT2D eigenvalue weighted by atomic mass is 19.4. The number of halogens is 3. The quantitative estimate of drug-likeness (QED) is 0.356. The lowest BCUT2D eigenvalue weighted by atomic mass is 10.1. The molecule has 184 valence electrons. The number of benzene rings is 1. The molecule has 12 heteroatoms. The molecule has 0 aliphatic heterocycles. The summed E-state index contributed by atoms with van der Waals surface area (Å²) in [7, 11) is 0. The number of aromatic nitrogens is 6. The third kappa shape index (κ3) is 3.57. The van der Waals surface area contributed by atoms with Gasteiger partial charge in [-0.05, 0) is 42.5 Å². The lowest BCUT2D eigenvalue weighted by Crippen LogP contribution is -2.39. The Bertz CT molecular complexity index is 1970. The Labute approximate surface area is 204 Å². The summed E-state index contributed by atoms with van der Waals surface area (Å²) in [5.41, 5.74) is -0.811. The van der Waals surface area contributed by atoms with Crippen LogP contribution < -0.4 is 11.2 Å². The smallest absolute Gasteiger partial charge is 0.376 e. The number of H-pyrrole nitrogens is 1. The number of hydrogen-bond acceptors (Lipinski definition) is 6. The maximum absolute atomic E-state index is 13.5. The van der Waals surface area contributed by atoms with Gasteiger partial charge in [-0.15, -0.1) is 0 Å². The molecule has 6 rings (SSSR count). The standard InChI is InChI=1S/C25H15F3N6O3/c26-25(27,28)15-2-1-3-16(9-15)34-21-17(23(36)33(12-35)24(34)37)11-30-19-5-4-18(32-20(19)21)14-8-13-6-7-29-22(13)31-10-14/h1-11,35H,12H2,(H,29,31). The summed E-state index contributed by atoms with van der Waals surface area (Å²) in [6.07, 6.45) is -0.110. The van der Waals surface area contributed by atoms with Crippen molar-refractivity contribution in [2.75, 3.05) is 0 Å². The Morgan fingerprint density at radius 3 is 2.62 bits per heavy atom. The van der Waals surface area contributed by atoms with Gasteiger partial charge in [-0.1, -0.05) is 6.07 Å². The fourth-order valence-corrected chi connectivity index (χ4v) is 4.31. The largest absolute Gasteiger partial charge is 0.416 e. The van der Waals surface area contributed by atoms with Crippen LogP contribution in [0.1, 0.15) is 5.56 Å². The molecule has 1 aromatic carbocycles. The molecular weight excluding hydrogens is 489 g/mol. The Kier molecular flexibility index (Phi) is 4.95. The summed E-state index contributed by atoms with van der Waals surface area (Å²) in [6, 6.07) is 11.2. The van der Waals surface area contributed by atoms with E-state index in [1.54, 1.807) is 24.5 Å². The minimum Gasteiger partial charge on any atom is -0.376 e. The minimum atomic E-state index is -4.67. The maximum Gasteiger partial charge on any atom is 0.416 e. The molecule has 0 radical (unpaired) electrons. The van der Waals surface area contributed by atoms with Crippen molar-refractivity contribution in [2.45, 2.75) is 12.9 Å². The van der Waals surface area contributed by atoms with E-state index in [-0.39, 0.29) is 22.1 Å². The van der Waals surface area contributed by atoms with Crippen LogP contribution in [-0.2, 0) is 12.9 Å². The zero-order valence-corrected chi connectivity index (χ0v) is 18.7. The molecule has 0 saturated heterocycles. The fourth-order valence-electron chi connectivity index (χ4n) is 4.31. The van der Waals surface area contributed by atoms with Crippen LogP contribution in [0.3, 0.4) is 0 Å². The van der Waals surface area contributed by atoms with E-state index in [9.17, 15) is 27.9 Å². The van der Waals surface area contributed by atoms with E-state index in [1.807, 2.05) is 12.1 Å². The van der Waals surface area contributed by atoms with Crippen molar-refractivity contribution in [3.05, 3.63) is 93.5 Å². The molecule has 0 bridgehead atoms. The first-order valence-corrected chi connectivity index (χ1v) is 10.9. The molecule has 0 saturated carbocycles. The van der Waals surface area contributed by atoms with Crippen molar-refractivity contribution in [1.29, 1.82) is 0 Å². The predicted molar refractivity (Wildman–Crippen MR) is 129 cm³/mol. The summed E-state index contributed by atoms with van der Waals surface area (Å²) in [4.78, 5) is 42.6. The number of aliphatic hydroxyl groups is 1. The predicted octanol–water partition coefficient (Wildman–Crippen LogP) is 3.61. The molecule has 0 aliphatic carbocycles. The SMILES string of the molecule is O=c1c2cnc3ccc(-c4cnc5[nH]ccc5c4)nc3c2n(-c2cccc(C(F)(F)F)c2)c(=O)n1CO. The number of aromatic amines is 1. The average Bonchev–Trinajstić information content (AvgIpc) is 3.36. The van der Waals surface area contributed by atoms with Crippen LogP contribution >= 0.6 is 0 Å². The number of fused-ring (bicyclic) bond motifs is 4. The number of rotatable bonds is 3. The summed E-state index contributed by atoms with van der Waals surface area (Å²) < 4.78 is 41.9. The molecule has 5 aromatic heterocycles. The van der Waals surface area contributed by atoms with Gasteiger partial charge in [0.05, 0.1) is 33.4 Å². The first-order chi connectivity index (χ1) is 17.8. The zero-order valence-electron chi connectivity index (χ0n) is 18.7. The number of aliphatic hydroxyl groups excluding tert-OH is 1. The highest BCUT2D eigenvalue weighted by molar-refractivity contribution is 6.02. The number of nitrogens with zero attached hydrogens (tertiary/aromatic N) is 5. The molecule has 9 nitrogen and oxygen atoms in total. The molecule has 5 heterocycles. The molecule has 6 aromatic rings. The van der Waals surface area contributed by atoms with Crippen LogP contribution in [0.25, 0.3) is 49.9 Å². The summed E-state index contributed by atoms with van der Waals surface area (Å²) in [5, 5.41) is 10.5. The maximum atomic E-state index is 13.5. The molecule has 0 unspecified atom stereocenters. The molecule has 0 aliphatic rings. The summed E-state index contributed by atoms with van der Waals surface area (Å²) >= 11 is 0. The highest BCUT2D eigenvalue weighted by Crippen LogP contribution is 2.31. The van der Waals surface area contributed by atoms with Gasteiger partial charge < -0.3 is 10.1 Å². The molecule has 0 fully saturated rings. The van der Waals surface area contributed by atoms with Crippen LogP contribution in [0.4, 0.5) is 13.2 Å². The van der Waals surface area contributed by atoms with Gasteiger partial charge in [0.25, 0.3) is 5.56 Å². The van der Waals surface area contributed by atoms with Gasteiger partial charge in [0.1, 0.15) is 17.9 Å². The normalized spacial score (nSPS) is 12.1. The van der Waals surface area contributed by atoms with Gasteiger partial charge in [0.2, 0.25) is 0 Å². The highest BCUT2D eigenvalue weighted by Gasteiger charge is 2.31. The minimum absolute atomic E-state index is 0.0263. The number of alkyl halides is 3. The third-order valence-electron chi connectivity index (χ3n) is 6.08. The van der Waals surface area contributed by atoms with Crippen LogP contribution in [0.5, 0.6) is 0 Å². The topological polar surface area (TPSA) is 119 Å². The second-order valence-electron chi connectivity index (χ2n) is 8.26. The van der Waals surface area contributed by atoms with Crippen molar-refractivity contribution >= 4 is 33.0 Å². The molecule has 0 atom stereocenters. The second-order valence-corrected chi connectivity index (χ2v) is 8.26. The van der Waals surface area contributed by atoms with Crippen molar-refractivity contribution < 1.29 is 18.3 Å². The number of nitrogens with one attached hydrogen (secondary N) is 1. The van der Waals surface area contributed by atoms with E-state index in [1.165, 1.54) is 12.3 Å². The van der Waals surface area contributed by atoms with Gasteiger partial charge >= 0.3 is 11.9 Å². The lowest BCUT2D eigenvalue weighted by molar-refractivity contribution is -0.137.